The Morgan fingerprint density at radius 1 is 1.24 bits per heavy atom. The number of hydrogen-bond donors (Lipinski definition) is 0. The lowest BCUT2D eigenvalue weighted by Crippen LogP contribution is -2.31. The van der Waals surface area contributed by atoms with E-state index < -0.39 is 0 Å². The Bertz CT molecular complexity index is 662. The zero-order valence-corrected chi connectivity index (χ0v) is 12.1. The lowest BCUT2D eigenvalue weighted by atomic mass is 9.78. The fraction of sp³-hybridized carbons (Fsp3) is 0.353. The third-order valence-electron chi connectivity index (χ3n) is 4.38. The Labute approximate surface area is 123 Å². The van der Waals surface area contributed by atoms with Crippen LogP contribution >= 0.6 is 0 Å². The zero-order chi connectivity index (χ0) is 15.1. The maximum atomic E-state index is 12.6. The molecule has 0 radical (unpaired) electrons. The molecule has 1 heterocycles. The van der Waals surface area contributed by atoms with Crippen LogP contribution in [0.25, 0.3) is 0 Å². The minimum atomic E-state index is -0.275. The van der Waals surface area contributed by atoms with Crippen LogP contribution in [-0.4, -0.2) is 17.6 Å². The summed E-state index contributed by atoms with van der Waals surface area (Å²) in [6, 6.07) is 6.72. The van der Waals surface area contributed by atoms with E-state index in [1.165, 1.54) is 11.8 Å². The lowest BCUT2D eigenvalue weighted by molar-refractivity contribution is -0.122. The van der Waals surface area contributed by atoms with E-state index in [2.05, 4.69) is 0 Å². The molecule has 3 atom stereocenters. The van der Waals surface area contributed by atoms with Crippen LogP contribution in [0.2, 0.25) is 0 Å². The molecule has 1 aliphatic carbocycles. The molecule has 108 valence electrons. The maximum absolute atomic E-state index is 12.6. The number of nitrogens with zero attached hydrogens (tertiary/aromatic N) is 1. The van der Waals surface area contributed by atoms with Gasteiger partial charge in [0.1, 0.15) is 0 Å². The highest BCUT2D eigenvalue weighted by Crippen LogP contribution is 2.40. The normalized spacial score (nSPS) is 27.9. The van der Waals surface area contributed by atoms with Gasteiger partial charge < -0.3 is 0 Å². The number of carbonyl (C=O) groups excluding carboxylic acids is 3. The van der Waals surface area contributed by atoms with Crippen molar-refractivity contribution in [3.05, 3.63) is 42.0 Å². The predicted octanol–water partition coefficient (Wildman–Crippen LogP) is 2.59. The summed E-state index contributed by atoms with van der Waals surface area (Å²) < 4.78 is 0. The average molecular weight is 283 g/mol. The van der Waals surface area contributed by atoms with Crippen molar-refractivity contribution >= 4 is 23.3 Å². The molecular formula is C17H17NO3. The molecule has 1 fully saturated rings. The lowest BCUT2D eigenvalue weighted by Gasteiger charge is -2.22. The number of benzene rings is 1. The number of rotatable bonds is 2. The second-order valence-corrected chi connectivity index (χ2v) is 5.77. The van der Waals surface area contributed by atoms with Crippen molar-refractivity contribution in [2.75, 3.05) is 4.90 Å². The average Bonchev–Trinajstić information content (AvgIpc) is 2.72. The van der Waals surface area contributed by atoms with E-state index >= 15 is 0 Å². The summed E-state index contributed by atoms with van der Waals surface area (Å²) >= 11 is 0. The van der Waals surface area contributed by atoms with Crippen LogP contribution in [0.4, 0.5) is 5.69 Å². The van der Waals surface area contributed by atoms with E-state index in [0.29, 0.717) is 17.7 Å². The number of Topliss-reactive ketones (excluding diaryl/α,β-unsaturated/α-hetero) is 1. The summed E-state index contributed by atoms with van der Waals surface area (Å²) in [4.78, 5) is 37.9. The summed E-state index contributed by atoms with van der Waals surface area (Å²) in [5.74, 6) is -0.851. The third kappa shape index (κ3) is 2.11. The quantitative estimate of drug-likeness (QED) is 0.476. The number of anilines is 1. The SMILES string of the molecule is CC(=O)c1cccc(N2C(=O)[C@H]3[C@H](CC=C[C@@H]3C)C2=O)c1. The Morgan fingerprint density at radius 2 is 2.00 bits per heavy atom. The summed E-state index contributed by atoms with van der Waals surface area (Å²) in [5.41, 5.74) is 1.01. The predicted molar refractivity (Wildman–Crippen MR) is 78.8 cm³/mol. The summed E-state index contributed by atoms with van der Waals surface area (Å²) in [7, 11) is 0. The van der Waals surface area contributed by atoms with Crippen molar-refractivity contribution in [3.8, 4) is 0 Å². The smallest absolute Gasteiger partial charge is 0.238 e. The summed E-state index contributed by atoms with van der Waals surface area (Å²) in [6.45, 7) is 3.44. The molecule has 0 unspecified atom stereocenters. The number of fused-ring (bicyclic) bond motifs is 1. The van der Waals surface area contributed by atoms with Crippen molar-refractivity contribution in [1.82, 2.24) is 0 Å². The second kappa shape index (κ2) is 4.95. The van der Waals surface area contributed by atoms with Gasteiger partial charge in [-0.3, -0.25) is 19.3 Å². The number of imide groups is 1. The first-order valence-electron chi connectivity index (χ1n) is 7.16. The van der Waals surface area contributed by atoms with Gasteiger partial charge in [0, 0.05) is 5.56 Å². The largest absolute Gasteiger partial charge is 0.295 e. The molecule has 0 aromatic heterocycles. The van der Waals surface area contributed by atoms with E-state index in [1.807, 2.05) is 19.1 Å². The van der Waals surface area contributed by atoms with Gasteiger partial charge in [0.25, 0.3) is 0 Å². The number of ketones is 1. The molecule has 4 nitrogen and oxygen atoms in total. The van der Waals surface area contributed by atoms with Gasteiger partial charge in [0.2, 0.25) is 11.8 Å². The Kier molecular flexibility index (Phi) is 3.24. The van der Waals surface area contributed by atoms with E-state index in [-0.39, 0.29) is 35.4 Å². The molecule has 2 amide bonds. The highest BCUT2D eigenvalue weighted by Gasteiger charge is 2.50. The first-order chi connectivity index (χ1) is 10.0. The van der Waals surface area contributed by atoms with Gasteiger partial charge in [-0.15, -0.1) is 0 Å². The zero-order valence-electron chi connectivity index (χ0n) is 12.1. The molecule has 1 aromatic carbocycles. The highest BCUT2D eigenvalue weighted by atomic mass is 16.2. The van der Waals surface area contributed by atoms with Gasteiger partial charge in [-0.25, -0.2) is 0 Å². The van der Waals surface area contributed by atoms with Gasteiger partial charge in [0.15, 0.2) is 5.78 Å². The van der Waals surface area contributed by atoms with Crippen LogP contribution in [0.15, 0.2) is 36.4 Å². The van der Waals surface area contributed by atoms with Gasteiger partial charge in [-0.2, -0.15) is 0 Å². The first kappa shape index (κ1) is 13.7. The standard InChI is InChI=1S/C17H17NO3/c1-10-5-3-8-14-15(10)17(21)18(16(14)20)13-7-4-6-12(9-13)11(2)19/h3-7,9-10,14-15H,8H2,1-2H3/t10-,14-,15+/m0/s1. The molecule has 1 saturated heterocycles. The fourth-order valence-corrected chi connectivity index (χ4v) is 3.27. The van der Waals surface area contributed by atoms with Crippen molar-refractivity contribution in [2.45, 2.75) is 20.3 Å². The van der Waals surface area contributed by atoms with Gasteiger partial charge in [-0.1, -0.05) is 31.2 Å². The fourth-order valence-electron chi connectivity index (χ4n) is 3.27. The monoisotopic (exact) mass is 283 g/mol. The van der Waals surface area contributed by atoms with Crippen LogP contribution < -0.4 is 4.90 Å². The molecule has 3 rings (SSSR count). The Hall–Kier alpha value is -2.23. The van der Waals surface area contributed by atoms with Crippen LogP contribution in [0.1, 0.15) is 30.6 Å². The minimum absolute atomic E-state index is 0.0705. The van der Waals surface area contributed by atoms with Gasteiger partial charge >= 0.3 is 0 Å². The maximum Gasteiger partial charge on any atom is 0.238 e. The van der Waals surface area contributed by atoms with Gasteiger partial charge in [0.05, 0.1) is 17.5 Å². The molecule has 2 aliphatic rings. The van der Waals surface area contributed by atoms with E-state index in [1.54, 1.807) is 24.3 Å². The molecule has 0 spiro atoms. The van der Waals surface area contributed by atoms with Crippen molar-refractivity contribution in [1.29, 1.82) is 0 Å². The molecule has 1 aromatic rings. The Morgan fingerprint density at radius 3 is 2.67 bits per heavy atom. The van der Waals surface area contributed by atoms with Crippen molar-refractivity contribution in [2.24, 2.45) is 17.8 Å². The molecular weight excluding hydrogens is 266 g/mol. The molecule has 21 heavy (non-hydrogen) atoms. The van der Waals surface area contributed by atoms with Crippen molar-refractivity contribution in [3.63, 3.8) is 0 Å². The van der Waals surface area contributed by atoms with Crippen LogP contribution in [-0.2, 0) is 9.59 Å². The summed E-state index contributed by atoms with van der Waals surface area (Å²) in [5, 5.41) is 0. The molecule has 4 heteroatoms. The summed E-state index contributed by atoms with van der Waals surface area (Å²) in [6.07, 6.45) is 4.59. The van der Waals surface area contributed by atoms with Crippen LogP contribution in [0.5, 0.6) is 0 Å². The number of amides is 2. The van der Waals surface area contributed by atoms with Crippen molar-refractivity contribution < 1.29 is 14.4 Å². The van der Waals surface area contributed by atoms with E-state index in [9.17, 15) is 14.4 Å². The first-order valence-corrected chi connectivity index (χ1v) is 7.16. The molecule has 0 bridgehead atoms. The second-order valence-electron chi connectivity index (χ2n) is 5.77. The van der Waals surface area contributed by atoms with Crippen LogP contribution in [0.3, 0.4) is 0 Å². The van der Waals surface area contributed by atoms with E-state index in [0.717, 1.165) is 0 Å². The molecule has 1 aliphatic heterocycles. The molecule has 0 N–H and O–H groups in total. The Balaban J connectivity index is 2.00. The van der Waals surface area contributed by atoms with E-state index in [4.69, 9.17) is 0 Å². The topological polar surface area (TPSA) is 54.5 Å². The molecule has 0 saturated carbocycles. The van der Waals surface area contributed by atoms with Crippen LogP contribution in [0, 0.1) is 17.8 Å². The number of allylic oxidation sites excluding steroid dienone is 2. The van der Waals surface area contributed by atoms with Gasteiger partial charge in [-0.05, 0) is 31.4 Å². The number of carbonyl (C=O) groups is 3. The third-order valence-corrected chi connectivity index (χ3v) is 4.38. The highest BCUT2D eigenvalue weighted by molar-refractivity contribution is 6.22. The number of hydrogen-bond acceptors (Lipinski definition) is 3. The minimum Gasteiger partial charge on any atom is -0.295 e.